The fourth-order valence-electron chi connectivity index (χ4n) is 4.55. The summed E-state index contributed by atoms with van der Waals surface area (Å²) in [6.07, 6.45) is 1.96. The zero-order valence-corrected chi connectivity index (χ0v) is 20.1. The molecule has 3 aromatic rings. The van der Waals surface area contributed by atoms with Crippen molar-refractivity contribution in [2.45, 2.75) is 32.9 Å². The summed E-state index contributed by atoms with van der Waals surface area (Å²) < 4.78 is 15.6. The minimum atomic E-state index is -0.680. The summed E-state index contributed by atoms with van der Waals surface area (Å²) in [4.78, 5) is 39.3. The van der Waals surface area contributed by atoms with Crippen molar-refractivity contribution in [1.82, 2.24) is 20.0 Å². The Kier molecular flexibility index (Phi) is 7.35. The summed E-state index contributed by atoms with van der Waals surface area (Å²) in [7, 11) is 0. The van der Waals surface area contributed by atoms with E-state index in [1.165, 1.54) is 15.6 Å². The molecule has 4 rings (SSSR count). The van der Waals surface area contributed by atoms with E-state index in [1.54, 1.807) is 36.4 Å². The fraction of sp³-hybridized carbons (Fsp3) is 0.360. The van der Waals surface area contributed by atoms with E-state index in [4.69, 9.17) is 17.3 Å². The Morgan fingerprint density at radius 2 is 1.94 bits per heavy atom. The fourth-order valence-corrected chi connectivity index (χ4v) is 4.74. The number of amides is 3. The predicted octanol–water partition coefficient (Wildman–Crippen LogP) is 3.12. The van der Waals surface area contributed by atoms with Gasteiger partial charge in [-0.15, -0.1) is 0 Å². The van der Waals surface area contributed by atoms with Crippen molar-refractivity contribution in [1.29, 1.82) is 0 Å². The van der Waals surface area contributed by atoms with Crippen molar-refractivity contribution >= 4 is 40.2 Å². The third-order valence-electron chi connectivity index (χ3n) is 6.32. The minimum Gasteiger partial charge on any atom is -0.364 e. The number of hydrogen-bond acceptors (Lipinski definition) is 4. The SMILES string of the molecule is C[C@H]1C[C@H](CN(CC(=O)NCc2cccc(Cl)c2F)C(=O)Cn2nc(C(N)=O)c3ccccc32)C1. The molecule has 0 atom stereocenters. The molecule has 0 bridgehead atoms. The largest absolute Gasteiger partial charge is 0.364 e. The number of carbonyl (C=O) groups is 3. The van der Waals surface area contributed by atoms with Gasteiger partial charge in [0.05, 0.1) is 17.1 Å². The number of nitrogens with one attached hydrogen (secondary N) is 1. The van der Waals surface area contributed by atoms with Gasteiger partial charge in [0.15, 0.2) is 5.69 Å². The summed E-state index contributed by atoms with van der Waals surface area (Å²) in [6, 6.07) is 11.6. The number of nitrogens with two attached hydrogens (primary N) is 1. The highest BCUT2D eigenvalue weighted by Crippen LogP contribution is 2.33. The van der Waals surface area contributed by atoms with Gasteiger partial charge in [0.25, 0.3) is 5.91 Å². The molecule has 1 aromatic heterocycles. The number of benzene rings is 2. The number of rotatable bonds is 9. The Bertz CT molecular complexity index is 1270. The first-order valence-corrected chi connectivity index (χ1v) is 11.8. The number of hydrogen-bond donors (Lipinski definition) is 2. The molecule has 10 heteroatoms. The number of carbonyl (C=O) groups excluding carboxylic acids is 3. The molecule has 1 fully saturated rings. The highest BCUT2D eigenvalue weighted by Gasteiger charge is 2.30. The van der Waals surface area contributed by atoms with Gasteiger partial charge in [0.1, 0.15) is 12.4 Å². The average Bonchev–Trinajstić information content (AvgIpc) is 3.17. The Morgan fingerprint density at radius 1 is 1.20 bits per heavy atom. The van der Waals surface area contributed by atoms with E-state index in [-0.39, 0.29) is 41.8 Å². The average molecular weight is 500 g/mol. The molecular weight excluding hydrogens is 473 g/mol. The molecule has 1 aliphatic rings. The minimum absolute atomic E-state index is 0.0190. The standard InChI is InChI=1S/C25H27ClFN5O3/c1-15-9-16(10-15)12-31(13-21(33)29-11-17-5-4-7-19(26)23(17)27)22(34)14-32-20-8-3-2-6-18(20)24(30-32)25(28)35/h2-8,15-16H,9-14H2,1H3,(H2,28,35)(H,29,33)/t15-,16-. The summed E-state index contributed by atoms with van der Waals surface area (Å²) >= 11 is 5.81. The molecule has 0 aliphatic heterocycles. The summed E-state index contributed by atoms with van der Waals surface area (Å²) in [5, 5.41) is 7.46. The molecule has 0 unspecified atom stereocenters. The molecule has 1 heterocycles. The summed E-state index contributed by atoms with van der Waals surface area (Å²) in [6.45, 7) is 2.22. The number of nitrogens with zero attached hydrogens (tertiary/aromatic N) is 3. The quantitative estimate of drug-likeness (QED) is 0.471. The molecule has 3 N–H and O–H groups in total. The van der Waals surface area contributed by atoms with Crippen LogP contribution in [0.1, 0.15) is 35.8 Å². The number of halogens is 2. The van der Waals surface area contributed by atoms with Gasteiger partial charge in [-0.05, 0) is 36.8 Å². The van der Waals surface area contributed by atoms with Crippen LogP contribution in [0.4, 0.5) is 4.39 Å². The molecule has 1 aliphatic carbocycles. The molecule has 0 saturated heterocycles. The lowest BCUT2D eigenvalue weighted by molar-refractivity contribution is -0.138. The highest BCUT2D eigenvalue weighted by molar-refractivity contribution is 6.30. The van der Waals surface area contributed by atoms with Gasteiger partial charge in [-0.25, -0.2) is 4.39 Å². The number of aromatic nitrogens is 2. The van der Waals surface area contributed by atoms with Gasteiger partial charge < -0.3 is 16.0 Å². The van der Waals surface area contributed by atoms with Crippen LogP contribution in [-0.4, -0.2) is 45.5 Å². The van der Waals surface area contributed by atoms with Crippen molar-refractivity contribution in [3.05, 3.63) is 64.6 Å². The maximum absolute atomic E-state index is 14.1. The topological polar surface area (TPSA) is 110 Å². The van der Waals surface area contributed by atoms with Crippen molar-refractivity contribution in [2.75, 3.05) is 13.1 Å². The molecule has 35 heavy (non-hydrogen) atoms. The van der Waals surface area contributed by atoms with E-state index in [0.29, 0.717) is 29.3 Å². The van der Waals surface area contributed by atoms with Gasteiger partial charge in [-0.3, -0.25) is 19.1 Å². The lowest BCUT2D eigenvalue weighted by Gasteiger charge is -2.36. The number of primary amides is 1. The van der Waals surface area contributed by atoms with Crippen LogP contribution in [0.25, 0.3) is 10.9 Å². The van der Waals surface area contributed by atoms with Crippen molar-refractivity contribution < 1.29 is 18.8 Å². The van der Waals surface area contributed by atoms with Crippen LogP contribution >= 0.6 is 11.6 Å². The Hall–Kier alpha value is -3.46. The first-order valence-electron chi connectivity index (χ1n) is 11.5. The van der Waals surface area contributed by atoms with Crippen LogP contribution in [-0.2, 0) is 22.7 Å². The molecular formula is C25H27ClFN5O3. The van der Waals surface area contributed by atoms with Gasteiger partial charge in [-0.2, -0.15) is 5.10 Å². The first-order chi connectivity index (χ1) is 16.7. The lowest BCUT2D eigenvalue weighted by Crippen LogP contribution is -2.46. The van der Waals surface area contributed by atoms with Crippen LogP contribution in [0.3, 0.4) is 0 Å². The lowest BCUT2D eigenvalue weighted by atomic mass is 9.76. The van der Waals surface area contributed by atoms with E-state index in [1.807, 2.05) is 0 Å². The molecule has 1 saturated carbocycles. The maximum Gasteiger partial charge on any atom is 0.269 e. The van der Waals surface area contributed by atoms with Gasteiger partial charge in [0, 0.05) is 24.0 Å². The first kappa shape index (κ1) is 24.7. The smallest absolute Gasteiger partial charge is 0.269 e. The van der Waals surface area contributed by atoms with E-state index < -0.39 is 17.6 Å². The van der Waals surface area contributed by atoms with Crippen molar-refractivity contribution in [2.24, 2.45) is 17.6 Å². The molecule has 0 spiro atoms. The monoisotopic (exact) mass is 499 g/mol. The second kappa shape index (κ2) is 10.4. The zero-order valence-electron chi connectivity index (χ0n) is 19.3. The molecule has 3 amide bonds. The summed E-state index contributed by atoms with van der Waals surface area (Å²) in [5.41, 5.74) is 6.42. The number of para-hydroxylation sites is 1. The normalized spacial score (nSPS) is 17.1. The zero-order chi connectivity index (χ0) is 25.1. The van der Waals surface area contributed by atoms with Gasteiger partial charge in [0.2, 0.25) is 11.8 Å². The second-order valence-electron chi connectivity index (χ2n) is 9.09. The third kappa shape index (κ3) is 5.62. The van der Waals surface area contributed by atoms with Crippen LogP contribution in [0.15, 0.2) is 42.5 Å². The van der Waals surface area contributed by atoms with Gasteiger partial charge >= 0.3 is 0 Å². The summed E-state index contributed by atoms with van der Waals surface area (Å²) in [5.74, 6) is -1.08. The number of fused-ring (bicyclic) bond motifs is 1. The van der Waals surface area contributed by atoms with Crippen molar-refractivity contribution in [3.8, 4) is 0 Å². The van der Waals surface area contributed by atoms with Crippen LogP contribution in [0, 0.1) is 17.7 Å². The van der Waals surface area contributed by atoms with E-state index in [2.05, 4.69) is 17.3 Å². The van der Waals surface area contributed by atoms with Gasteiger partial charge in [-0.1, -0.05) is 48.9 Å². The Morgan fingerprint density at radius 3 is 2.66 bits per heavy atom. The second-order valence-corrected chi connectivity index (χ2v) is 9.50. The molecule has 2 aromatic carbocycles. The van der Waals surface area contributed by atoms with Crippen LogP contribution in [0.2, 0.25) is 5.02 Å². The van der Waals surface area contributed by atoms with E-state index in [0.717, 1.165) is 12.8 Å². The Balaban J connectivity index is 1.47. The van der Waals surface area contributed by atoms with Crippen LogP contribution in [0.5, 0.6) is 0 Å². The third-order valence-corrected chi connectivity index (χ3v) is 6.61. The van der Waals surface area contributed by atoms with E-state index in [9.17, 15) is 18.8 Å². The van der Waals surface area contributed by atoms with E-state index >= 15 is 0 Å². The molecule has 0 radical (unpaired) electrons. The molecule has 184 valence electrons. The van der Waals surface area contributed by atoms with Crippen molar-refractivity contribution in [3.63, 3.8) is 0 Å². The highest BCUT2D eigenvalue weighted by atomic mass is 35.5. The maximum atomic E-state index is 14.1. The van der Waals surface area contributed by atoms with Crippen LogP contribution < -0.4 is 11.1 Å². The molecule has 8 nitrogen and oxygen atoms in total. The predicted molar refractivity (Wildman–Crippen MR) is 130 cm³/mol. The Labute approximate surface area is 207 Å².